The molecule has 0 fully saturated rings. The van der Waals surface area contributed by atoms with Gasteiger partial charge in [-0.3, -0.25) is 9.48 Å². The van der Waals surface area contributed by atoms with E-state index in [2.05, 4.69) is 10.4 Å². The molecule has 0 atom stereocenters. The number of aromatic nitrogens is 2. The van der Waals surface area contributed by atoms with Crippen LogP contribution in [0, 0.1) is 12.8 Å². The molecule has 7 heteroatoms. The summed E-state index contributed by atoms with van der Waals surface area (Å²) in [6.07, 6.45) is -1.53. The van der Waals surface area contributed by atoms with Crippen molar-refractivity contribution in [3.63, 3.8) is 0 Å². The summed E-state index contributed by atoms with van der Waals surface area (Å²) in [5.41, 5.74) is 0.633. The van der Waals surface area contributed by atoms with Gasteiger partial charge in [-0.05, 0) is 36.6 Å². The van der Waals surface area contributed by atoms with E-state index in [4.69, 9.17) is 11.6 Å². The van der Waals surface area contributed by atoms with Crippen LogP contribution in [0.1, 0.15) is 41.9 Å². The molecule has 2 aromatic rings. The molecule has 0 unspecified atom stereocenters. The van der Waals surface area contributed by atoms with Crippen molar-refractivity contribution >= 4 is 23.2 Å². The summed E-state index contributed by atoms with van der Waals surface area (Å²) < 4.78 is 27.7. The third-order valence-corrected chi connectivity index (χ3v) is 3.46. The molecule has 0 aliphatic carbocycles. The number of hydrogen-bond donors (Lipinski definition) is 1. The Morgan fingerprint density at radius 2 is 2.09 bits per heavy atom. The average Bonchev–Trinajstić information content (AvgIpc) is 2.85. The van der Waals surface area contributed by atoms with E-state index in [1.165, 1.54) is 10.9 Å². The van der Waals surface area contributed by atoms with Gasteiger partial charge in [0.2, 0.25) is 0 Å². The van der Waals surface area contributed by atoms with Gasteiger partial charge < -0.3 is 5.32 Å². The molecule has 1 aromatic carbocycles. The standard InChI is InChI=1S/C16H18ClF2N3O/c1-9(2)7-22-8-12(15(18)19)14(21-22)16(23)20-13-5-4-11(17)6-10(13)3/h4-6,8-9,15H,7H2,1-3H3,(H,20,23). The Bertz CT molecular complexity index is 713. The number of nitrogens with zero attached hydrogens (tertiary/aromatic N) is 2. The van der Waals surface area contributed by atoms with Crippen molar-refractivity contribution in [1.82, 2.24) is 9.78 Å². The number of hydrogen-bond acceptors (Lipinski definition) is 2. The van der Waals surface area contributed by atoms with Crippen LogP contribution in [-0.4, -0.2) is 15.7 Å². The molecular formula is C16H18ClF2N3O. The molecule has 0 aliphatic heterocycles. The Balaban J connectivity index is 2.28. The number of carbonyl (C=O) groups excluding carboxylic acids is 1. The fourth-order valence-corrected chi connectivity index (χ4v) is 2.42. The van der Waals surface area contributed by atoms with Gasteiger partial charge in [-0.1, -0.05) is 25.4 Å². The summed E-state index contributed by atoms with van der Waals surface area (Å²) in [6, 6.07) is 4.93. The van der Waals surface area contributed by atoms with E-state index in [0.717, 1.165) is 5.56 Å². The number of amides is 1. The fourth-order valence-electron chi connectivity index (χ4n) is 2.19. The summed E-state index contributed by atoms with van der Waals surface area (Å²) in [7, 11) is 0. The lowest BCUT2D eigenvalue weighted by Crippen LogP contribution is -2.16. The molecule has 1 amide bonds. The summed E-state index contributed by atoms with van der Waals surface area (Å²) in [6.45, 7) is 6.13. The molecule has 0 saturated heterocycles. The molecule has 124 valence electrons. The minimum atomic E-state index is -2.76. The smallest absolute Gasteiger partial charge is 0.276 e. The molecule has 23 heavy (non-hydrogen) atoms. The second-order valence-electron chi connectivity index (χ2n) is 5.76. The van der Waals surface area contributed by atoms with Gasteiger partial charge >= 0.3 is 0 Å². The highest BCUT2D eigenvalue weighted by molar-refractivity contribution is 6.30. The first-order valence-corrected chi connectivity index (χ1v) is 7.58. The van der Waals surface area contributed by atoms with Crippen LogP contribution in [0.3, 0.4) is 0 Å². The molecular weight excluding hydrogens is 324 g/mol. The highest BCUT2D eigenvalue weighted by Crippen LogP contribution is 2.25. The number of benzene rings is 1. The first-order chi connectivity index (χ1) is 10.8. The van der Waals surface area contributed by atoms with Crippen molar-refractivity contribution in [2.75, 3.05) is 5.32 Å². The second kappa shape index (κ2) is 7.08. The zero-order valence-electron chi connectivity index (χ0n) is 13.1. The van der Waals surface area contributed by atoms with Crippen LogP contribution in [0.5, 0.6) is 0 Å². The normalized spacial score (nSPS) is 11.3. The van der Waals surface area contributed by atoms with Gasteiger partial charge in [0.05, 0.1) is 5.56 Å². The number of alkyl halides is 2. The van der Waals surface area contributed by atoms with Crippen LogP contribution in [0.25, 0.3) is 0 Å². The van der Waals surface area contributed by atoms with Crippen LogP contribution in [0.15, 0.2) is 24.4 Å². The summed E-state index contributed by atoms with van der Waals surface area (Å²) in [5.74, 6) is -0.428. The molecule has 1 aromatic heterocycles. The quantitative estimate of drug-likeness (QED) is 0.857. The van der Waals surface area contributed by atoms with Crippen molar-refractivity contribution in [1.29, 1.82) is 0 Å². The number of nitrogens with one attached hydrogen (secondary N) is 1. The first kappa shape index (κ1) is 17.4. The summed E-state index contributed by atoms with van der Waals surface area (Å²) in [5, 5.41) is 7.16. The van der Waals surface area contributed by atoms with E-state index >= 15 is 0 Å². The SMILES string of the molecule is Cc1cc(Cl)ccc1NC(=O)c1nn(CC(C)C)cc1C(F)F. The minimum Gasteiger partial charge on any atom is -0.320 e. The van der Waals surface area contributed by atoms with E-state index in [-0.39, 0.29) is 17.2 Å². The van der Waals surface area contributed by atoms with E-state index in [1.54, 1.807) is 25.1 Å². The maximum atomic E-state index is 13.2. The zero-order chi connectivity index (χ0) is 17.1. The number of carbonyl (C=O) groups is 1. The van der Waals surface area contributed by atoms with Crippen molar-refractivity contribution < 1.29 is 13.6 Å². The third-order valence-electron chi connectivity index (χ3n) is 3.23. The monoisotopic (exact) mass is 341 g/mol. The van der Waals surface area contributed by atoms with E-state index in [9.17, 15) is 13.6 Å². The van der Waals surface area contributed by atoms with E-state index in [0.29, 0.717) is 17.3 Å². The third kappa shape index (κ3) is 4.28. The molecule has 0 bridgehead atoms. The molecule has 0 spiro atoms. The largest absolute Gasteiger partial charge is 0.320 e. The Kier molecular flexibility index (Phi) is 5.36. The van der Waals surface area contributed by atoms with Crippen molar-refractivity contribution in [2.24, 2.45) is 5.92 Å². The predicted molar refractivity (Wildman–Crippen MR) is 86.2 cm³/mol. The maximum Gasteiger partial charge on any atom is 0.276 e. The number of anilines is 1. The van der Waals surface area contributed by atoms with Crippen LogP contribution in [0.4, 0.5) is 14.5 Å². The van der Waals surface area contributed by atoms with Gasteiger partial charge in [-0.2, -0.15) is 5.10 Å². The van der Waals surface area contributed by atoms with Gasteiger partial charge in [0, 0.05) is 23.5 Å². The Morgan fingerprint density at radius 1 is 1.39 bits per heavy atom. The highest BCUT2D eigenvalue weighted by Gasteiger charge is 2.23. The van der Waals surface area contributed by atoms with Crippen molar-refractivity contribution in [2.45, 2.75) is 33.7 Å². The molecule has 2 rings (SSSR count). The van der Waals surface area contributed by atoms with Gasteiger partial charge in [0.15, 0.2) is 5.69 Å². The summed E-state index contributed by atoms with van der Waals surface area (Å²) >= 11 is 5.86. The van der Waals surface area contributed by atoms with Crippen LogP contribution in [-0.2, 0) is 6.54 Å². The van der Waals surface area contributed by atoms with E-state index < -0.39 is 12.3 Å². The molecule has 1 heterocycles. The zero-order valence-corrected chi connectivity index (χ0v) is 13.9. The fraction of sp³-hybridized carbons (Fsp3) is 0.375. The first-order valence-electron chi connectivity index (χ1n) is 7.21. The highest BCUT2D eigenvalue weighted by atomic mass is 35.5. The van der Waals surface area contributed by atoms with Crippen LogP contribution in [0.2, 0.25) is 5.02 Å². The van der Waals surface area contributed by atoms with E-state index in [1.807, 2.05) is 13.8 Å². The molecule has 0 saturated carbocycles. The van der Waals surface area contributed by atoms with Crippen LogP contribution < -0.4 is 5.32 Å². The molecule has 1 N–H and O–H groups in total. The second-order valence-corrected chi connectivity index (χ2v) is 6.20. The lowest BCUT2D eigenvalue weighted by molar-refractivity contribution is 0.100. The lowest BCUT2D eigenvalue weighted by atomic mass is 10.2. The average molecular weight is 342 g/mol. The van der Waals surface area contributed by atoms with Crippen molar-refractivity contribution in [3.05, 3.63) is 46.2 Å². The maximum absolute atomic E-state index is 13.2. The Labute approximate surface area is 138 Å². The van der Waals surface area contributed by atoms with Crippen LogP contribution >= 0.6 is 11.6 Å². The minimum absolute atomic E-state index is 0.231. The molecule has 0 aliphatic rings. The van der Waals surface area contributed by atoms with Gasteiger partial charge in [-0.15, -0.1) is 0 Å². The summed E-state index contributed by atoms with van der Waals surface area (Å²) in [4.78, 5) is 12.3. The lowest BCUT2D eigenvalue weighted by Gasteiger charge is -2.08. The molecule has 0 radical (unpaired) electrons. The number of aryl methyl sites for hydroxylation is 1. The molecule has 4 nitrogen and oxygen atoms in total. The van der Waals surface area contributed by atoms with Crippen molar-refractivity contribution in [3.8, 4) is 0 Å². The Hall–Kier alpha value is -1.95. The number of rotatable bonds is 5. The van der Waals surface area contributed by atoms with Gasteiger partial charge in [0.1, 0.15) is 0 Å². The predicted octanol–water partition coefficient (Wildman–Crippen LogP) is 4.69. The van der Waals surface area contributed by atoms with Gasteiger partial charge in [-0.25, -0.2) is 8.78 Å². The topological polar surface area (TPSA) is 46.9 Å². The number of halogens is 3. The van der Waals surface area contributed by atoms with Gasteiger partial charge in [0.25, 0.3) is 12.3 Å². The Morgan fingerprint density at radius 3 is 2.65 bits per heavy atom.